The van der Waals surface area contributed by atoms with Crippen molar-refractivity contribution in [3.05, 3.63) is 34.4 Å². The molecule has 0 aliphatic heterocycles. The van der Waals surface area contributed by atoms with Gasteiger partial charge in [-0.3, -0.25) is 9.59 Å². The molecule has 8 heteroatoms. The van der Waals surface area contributed by atoms with E-state index in [9.17, 15) is 23.2 Å². The van der Waals surface area contributed by atoms with Crippen LogP contribution < -0.4 is 0 Å². The Kier molecular flexibility index (Phi) is 4.33. The van der Waals surface area contributed by atoms with Gasteiger partial charge in [0.05, 0.1) is 5.56 Å². The monoisotopic (exact) mass is 278 g/mol. The second kappa shape index (κ2) is 5.54. The summed E-state index contributed by atoms with van der Waals surface area (Å²) in [6.45, 7) is 0. The molecule has 18 heavy (non-hydrogen) atoms. The summed E-state index contributed by atoms with van der Waals surface area (Å²) in [4.78, 5) is 32.2. The SMILES string of the molecule is O=C(O)CC(=O)OC(=O)c1ccc(F)c(Cl)c1F. The highest BCUT2D eigenvalue weighted by atomic mass is 35.5. The molecule has 0 saturated carbocycles. The van der Waals surface area contributed by atoms with Gasteiger partial charge < -0.3 is 9.84 Å². The zero-order valence-electron chi connectivity index (χ0n) is 8.58. The molecule has 0 spiro atoms. The van der Waals surface area contributed by atoms with Gasteiger partial charge in [0.25, 0.3) is 0 Å². The number of hydrogen-bond donors (Lipinski definition) is 1. The highest BCUT2D eigenvalue weighted by Crippen LogP contribution is 2.22. The van der Waals surface area contributed by atoms with Gasteiger partial charge in [-0.15, -0.1) is 0 Å². The first-order valence-electron chi connectivity index (χ1n) is 4.43. The van der Waals surface area contributed by atoms with Crippen LogP contribution in [-0.2, 0) is 14.3 Å². The summed E-state index contributed by atoms with van der Waals surface area (Å²) in [5.74, 6) is -6.79. The largest absolute Gasteiger partial charge is 0.481 e. The molecule has 0 aliphatic rings. The fraction of sp³-hybridized carbons (Fsp3) is 0.100. The molecular weight excluding hydrogens is 274 g/mol. The Balaban J connectivity index is 2.89. The van der Waals surface area contributed by atoms with E-state index in [1.807, 2.05) is 0 Å². The van der Waals surface area contributed by atoms with Gasteiger partial charge in [0, 0.05) is 0 Å². The van der Waals surface area contributed by atoms with Crippen molar-refractivity contribution in [2.24, 2.45) is 0 Å². The average Bonchev–Trinajstić information content (AvgIpc) is 2.24. The van der Waals surface area contributed by atoms with Crippen LogP contribution in [0.2, 0.25) is 5.02 Å². The summed E-state index contributed by atoms with van der Waals surface area (Å²) in [6.07, 6.45) is -1.05. The molecule has 5 nitrogen and oxygen atoms in total. The second-order valence-electron chi connectivity index (χ2n) is 3.05. The minimum absolute atomic E-state index is 0.712. The Labute approximate surface area is 104 Å². The topological polar surface area (TPSA) is 80.7 Å². The van der Waals surface area contributed by atoms with Crippen LogP contribution in [0.4, 0.5) is 8.78 Å². The van der Waals surface area contributed by atoms with Gasteiger partial charge in [-0.05, 0) is 12.1 Å². The van der Waals surface area contributed by atoms with E-state index in [1.54, 1.807) is 0 Å². The van der Waals surface area contributed by atoms with Crippen LogP contribution in [0.15, 0.2) is 12.1 Å². The van der Waals surface area contributed by atoms with E-state index >= 15 is 0 Å². The number of hydrogen-bond acceptors (Lipinski definition) is 4. The molecule has 0 aromatic heterocycles. The van der Waals surface area contributed by atoms with Crippen LogP contribution >= 0.6 is 11.6 Å². The van der Waals surface area contributed by atoms with Gasteiger partial charge in [0.1, 0.15) is 17.3 Å². The maximum Gasteiger partial charge on any atom is 0.348 e. The Morgan fingerprint density at radius 2 is 1.89 bits per heavy atom. The molecule has 0 unspecified atom stereocenters. The Bertz CT molecular complexity index is 529. The molecule has 0 saturated heterocycles. The summed E-state index contributed by atoms with van der Waals surface area (Å²) in [5, 5.41) is 7.32. The number of aliphatic carboxylic acids is 1. The minimum Gasteiger partial charge on any atom is -0.481 e. The third-order valence-electron chi connectivity index (χ3n) is 1.76. The van der Waals surface area contributed by atoms with E-state index < -0.39 is 46.5 Å². The number of rotatable bonds is 3. The molecular formula is C10H5ClF2O5. The van der Waals surface area contributed by atoms with Gasteiger partial charge >= 0.3 is 17.9 Å². The fourth-order valence-corrected chi connectivity index (χ4v) is 1.17. The smallest absolute Gasteiger partial charge is 0.348 e. The van der Waals surface area contributed by atoms with E-state index in [0.29, 0.717) is 6.07 Å². The lowest BCUT2D eigenvalue weighted by Crippen LogP contribution is -2.17. The van der Waals surface area contributed by atoms with E-state index in [0.717, 1.165) is 6.07 Å². The molecule has 1 aromatic carbocycles. The zero-order chi connectivity index (χ0) is 13.9. The first-order valence-corrected chi connectivity index (χ1v) is 4.81. The lowest BCUT2D eigenvalue weighted by Gasteiger charge is -2.04. The Morgan fingerprint density at radius 3 is 2.44 bits per heavy atom. The molecule has 0 amide bonds. The highest BCUT2D eigenvalue weighted by Gasteiger charge is 2.22. The van der Waals surface area contributed by atoms with Crippen molar-refractivity contribution < 1.29 is 33.0 Å². The molecule has 0 heterocycles. The summed E-state index contributed by atoms with van der Waals surface area (Å²) in [6, 6.07) is 1.44. The number of carbonyl (C=O) groups excluding carboxylic acids is 2. The first-order chi connectivity index (χ1) is 8.32. The molecule has 0 bridgehead atoms. The van der Waals surface area contributed by atoms with E-state index in [-0.39, 0.29) is 0 Å². The molecule has 1 N–H and O–H groups in total. The number of benzene rings is 1. The van der Waals surface area contributed by atoms with Crippen LogP contribution in [0.1, 0.15) is 16.8 Å². The molecule has 0 aliphatic carbocycles. The molecule has 0 radical (unpaired) electrons. The Hall–Kier alpha value is -2.02. The zero-order valence-corrected chi connectivity index (χ0v) is 9.33. The summed E-state index contributed by atoms with van der Waals surface area (Å²) >= 11 is 5.21. The number of carboxylic acids is 1. The van der Waals surface area contributed by atoms with Gasteiger partial charge in [-0.2, -0.15) is 0 Å². The van der Waals surface area contributed by atoms with E-state index in [1.165, 1.54) is 0 Å². The second-order valence-corrected chi connectivity index (χ2v) is 3.43. The van der Waals surface area contributed by atoms with E-state index in [4.69, 9.17) is 16.7 Å². The number of halogens is 3. The molecule has 0 fully saturated rings. The minimum atomic E-state index is -1.51. The molecule has 1 aromatic rings. The van der Waals surface area contributed by atoms with Crippen LogP contribution in [0.3, 0.4) is 0 Å². The van der Waals surface area contributed by atoms with Gasteiger partial charge in [0.15, 0.2) is 5.82 Å². The molecule has 0 atom stereocenters. The number of carboxylic acid groups (broad SMARTS) is 1. The van der Waals surface area contributed by atoms with Crippen molar-refractivity contribution in [1.82, 2.24) is 0 Å². The summed E-state index contributed by atoms with van der Waals surface area (Å²) in [7, 11) is 0. The molecule has 96 valence electrons. The third-order valence-corrected chi connectivity index (χ3v) is 2.10. The highest BCUT2D eigenvalue weighted by molar-refractivity contribution is 6.31. The normalized spacial score (nSPS) is 9.94. The lowest BCUT2D eigenvalue weighted by molar-refractivity contribution is -0.147. The van der Waals surface area contributed by atoms with Crippen molar-refractivity contribution in [2.75, 3.05) is 0 Å². The number of carbonyl (C=O) groups is 3. The van der Waals surface area contributed by atoms with Gasteiger partial charge in [-0.25, -0.2) is 13.6 Å². The van der Waals surface area contributed by atoms with Crippen LogP contribution in [-0.4, -0.2) is 23.0 Å². The van der Waals surface area contributed by atoms with Crippen molar-refractivity contribution in [2.45, 2.75) is 6.42 Å². The van der Waals surface area contributed by atoms with Crippen molar-refractivity contribution in [3.63, 3.8) is 0 Å². The number of esters is 2. The van der Waals surface area contributed by atoms with Crippen molar-refractivity contribution >= 4 is 29.5 Å². The van der Waals surface area contributed by atoms with Crippen LogP contribution in [0, 0.1) is 11.6 Å². The maximum absolute atomic E-state index is 13.3. The predicted octanol–water partition coefficient (Wildman–Crippen LogP) is 1.78. The quantitative estimate of drug-likeness (QED) is 0.518. The van der Waals surface area contributed by atoms with Gasteiger partial charge in [-0.1, -0.05) is 11.6 Å². The van der Waals surface area contributed by atoms with Crippen molar-refractivity contribution in [1.29, 1.82) is 0 Å². The lowest BCUT2D eigenvalue weighted by atomic mass is 10.2. The predicted molar refractivity (Wildman–Crippen MR) is 54.0 cm³/mol. The fourth-order valence-electron chi connectivity index (χ4n) is 1.00. The first kappa shape index (κ1) is 14.0. The van der Waals surface area contributed by atoms with Crippen LogP contribution in [0.5, 0.6) is 0 Å². The van der Waals surface area contributed by atoms with Gasteiger partial charge in [0.2, 0.25) is 0 Å². The summed E-state index contributed by atoms with van der Waals surface area (Å²) in [5.41, 5.74) is -0.764. The van der Waals surface area contributed by atoms with Crippen LogP contribution in [0.25, 0.3) is 0 Å². The standard InChI is InChI=1S/C10H5ClF2O5/c11-8-5(12)2-1-4(9(8)13)10(17)18-7(16)3-6(14)15/h1-2H,3H2,(H,14,15). The summed E-state index contributed by atoms with van der Waals surface area (Å²) < 4.78 is 30.2. The third kappa shape index (κ3) is 3.24. The average molecular weight is 279 g/mol. The Morgan fingerprint density at radius 1 is 1.28 bits per heavy atom. The number of ether oxygens (including phenoxy) is 1. The van der Waals surface area contributed by atoms with Crippen molar-refractivity contribution in [3.8, 4) is 0 Å². The molecule has 1 rings (SSSR count). The van der Waals surface area contributed by atoms with E-state index in [2.05, 4.69) is 4.74 Å². The maximum atomic E-state index is 13.3.